The molecular formula is C21H26N2O5. The van der Waals surface area contributed by atoms with Crippen molar-refractivity contribution < 1.29 is 23.8 Å². The van der Waals surface area contributed by atoms with Gasteiger partial charge >= 0.3 is 0 Å². The largest absolute Gasteiger partial charge is 0.493 e. The van der Waals surface area contributed by atoms with Gasteiger partial charge in [-0.15, -0.1) is 0 Å². The first-order valence-electron chi connectivity index (χ1n) is 8.99. The standard InChI is InChI=1S/C21H26N2O5/c1-6-23(7-2)21(25)14-8-10-16(11-9-14)22-20(24)15-12-17(26-3)19(28-5)18(13-15)27-4/h8-13H,6-7H2,1-5H3,(H,22,24). The molecule has 28 heavy (non-hydrogen) atoms. The van der Waals surface area contributed by atoms with Gasteiger partial charge in [-0.1, -0.05) is 0 Å². The van der Waals surface area contributed by atoms with Crippen LogP contribution in [0, 0.1) is 0 Å². The summed E-state index contributed by atoms with van der Waals surface area (Å²) < 4.78 is 15.8. The molecule has 7 heteroatoms. The maximum absolute atomic E-state index is 12.6. The second kappa shape index (κ2) is 9.64. The van der Waals surface area contributed by atoms with Crippen LogP contribution in [0.1, 0.15) is 34.6 Å². The molecule has 2 aromatic carbocycles. The number of methoxy groups -OCH3 is 3. The van der Waals surface area contributed by atoms with Gasteiger partial charge in [0.2, 0.25) is 5.75 Å². The number of ether oxygens (including phenoxy) is 3. The van der Waals surface area contributed by atoms with Crippen LogP contribution in [0.15, 0.2) is 36.4 Å². The lowest BCUT2D eigenvalue weighted by Crippen LogP contribution is -2.30. The predicted molar refractivity (Wildman–Crippen MR) is 108 cm³/mol. The highest BCUT2D eigenvalue weighted by Gasteiger charge is 2.17. The third-order valence-corrected chi connectivity index (χ3v) is 4.37. The van der Waals surface area contributed by atoms with Crippen LogP contribution >= 0.6 is 0 Å². The number of rotatable bonds is 8. The minimum absolute atomic E-state index is 0.0347. The number of nitrogens with one attached hydrogen (secondary N) is 1. The van der Waals surface area contributed by atoms with Gasteiger partial charge in [0.1, 0.15) is 0 Å². The minimum Gasteiger partial charge on any atom is -0.493 e. The summed E-state index contributed by atoms with van der Waals surface area (Å²) in [6.07, 6.45) is 0. The molecule has 0 saturated carbocycles. The number of carbonyl (C=O) groups is 2. The Kier molecular flexibility index (Phi) is 7.26. The molecule has 0 aromatic heterocycles. The zero-order chi connectivity index (χ0) is 20.7. The van der Waals surface area contributed by atoms with E-state index in [1.54, 1.807) is 41.3 Å². The Morgan fingerprint density at radius 2 is 1.39 bits per heavy atom. The Morgan fingerprint density at radius 3 is 1.82 bits per heavy atom. The molecule has 7 nitrogen and oxygen atoms in total. The molecule has 150 valence electrons. The molecule has 1 N–H and O–H groups in total. The molecule has 2 rings (SSSR count). The first-order valence-corrected chi connectivity index (χ1v) is 8.99. The summed E-state index contributed by atoms with van der Waals surface area (Å²) in [5.41, 5.74) is 1.52. The number of carbonyl (C=O) groups excluding carboxylic acids is 2. The summed E-state index contributed by atoms with van der Waals surface area (Å²) in [7, 11) is 4.48. The van der Waals surface area contributed by atoms with Gasteiger partial charge in [0, 0.05) is 29.9 Å². The summed E-state index contributed by atoms with van der Waals surface area (Å²) in [6.45, 7) is 5.17. The highest BCUT2D eigenvalue weighted by molar-refractivity contribution is 6.05. The van der Waals surface area contributed by atoms with Crippen LogP contribution in [0.25, 0.3) is 0 Å². The monoisotopic (exact) mass is 386 g/mol. The minimum atomic E-state index is -0.331. The maximum atomic E-state index is 12.6. The van der Waals surface area contributed by atoms with Crippen molar-refractivity contribution in [3.05, 3.63) is 47.5 Å². The van der Waals surface area contributed by atoms with Crippen LogP contribution in [0.4, 0.5) is 5.69 Å². The van der Waals surface area contributed by atoms with E-state index in [-0.39, 0.29) is 11.8 Å². The summed E-state index contributed by atoms with van der Waals surface area (Å²) in [4.78, 5) is 26.7. The second-order valence-electron chi connectivity index (χ2n) is 5.92. The van der Waals surface area contributed by atoms with Crippen molar-refractivity contribution in [2.45, 2.75) is 13.8 Å². The van der Waals surface area contributed by atoms with Gasteiger partial charge in [0.25, 0.3) is 11.8 Å². The molecule has 0 heterocycles. The van der Waals surface area contributed by atoms with E-state index in [0.29, 0.717) is 47.2 Å². The molecular weight excluding hydrogens is 360 g/mol. The number of amides is 2. The normalized spacial score (nSPS) is 10.2. The van der Waals surface area contributed by atoms with E-state index in [1.165, 1.54) is 21.3 Å². The topological polar surface area (TPSA) is 77.1 Å². The number of anilines is 1. The fourth-order valence-electron chi connectivity index (χ4n) is 2.80. The molecule has 0 aliphatic heterocycles. The van der Waals surface area contributed by atoms with Crippen LogP contribution < -0.4 is 19.5 Å². The maximum Gasteiger partial charge on any atom is 0.255 e. The van der Waals surface area contributed by atoms with Gasteiger partial charge in [-0.25, -0.2) is 0 Å². The number of hydrogen-bond donors (Lipinski definition) is 1. The Bertz CT molecular complexity index is 804. The van der Waals surface area contributed by atoms with Crippen molar-refractivity contribution in [2.24, 2.45) is 0 Å². The molecule has 0 aliphatic rings. The highest BCUT2D eigenvalue weighted by Crippen LogP contribution is 2.38. The summed E-state index contributed by atoms with van der Waals surface area (Å²) in [5, 5.41) is 2.81. The molecule has 0 spiro atoms. The molecule has 0 radical (unpaired) electrons. The first kappa shape index (κ1) is 21.1. The summed E-state index contributed by atoms with van der Waals surface area (Å²) in [5.74, 6) is 0.842. The van der Waals surface area contributed by atoms with Gasteiger partial charge < -0.3 is 24.4 Å². The lowest BCUT2D eigenvalue weighted by atomic mass is 10.1. The zero-order valence-electron chi connectivity index (χ0n) is 16.9. The van der Waals surface area contributed by atoms with Crippen LogP contribution in [0.5, 0.6) is 17.2 Å². The predicted octanol–water partition coefficient (Wildman–Crippen LogP) is 3.45. The number of nitrogens with zero attached hydrogens (tertiary/aromatic N) is 1. The fourth-order valence-corrected chi connectivity index (χ4v) is 2.80. The van der Waals surface area contributed by atoms with E-state index >= 15 is 0 Å². The van der Waals surface area contributed by atoms with Crippen molar-refractivity contribution in [1.29, 1.82) is 0 Å². The Hall–Kier alpha value is -3.22. The molecule has 0 fully saturated rings. The van der Waals surface area contributed by atoms with Crippen molar-refractivity contribution in [3.8, 4) is 17.2 Å². The quantitative estimate of drug-likeness (QED) is 0.752. The van der Waals surface area contributed by atoms with Crippen molar-refractivity contribution in [2.75, 3.05) is 39.7 Å². The molecule has 0 saturated heterocycles. The van der Waals surface area contributed by atoms with Gasteiger partial charge in [-0.05, 0) is 50.2 Å². The van der Waals surface area contributed by atoms with Crippen LogP contribution in [0.2, 0.25) is 0 Å². The lowest BCUT2D eigenvalue weighted by Gasteiger charge is -2.18. The lowest BCUT2D eigenvalue weighted by molar-refractivity contribution is 0.0773. The molecule has 2 amide bonds. The number of benzene rings is 2. The van der Waals surface area contributed by atoms with Gasteiger partial charge in [0.15, 0.2) is 11.5 Å². The van der Waals surface area contributed by atoms with E-state index in [9.17, 15) is 9.59 Å². The third kappa shape index (κ3) is 4.54. The Labute approximate surface area is 165 Å². The van der Waals surface area contributed by atoms with Crippen molar-refractivity contribution in [3.63, 3.8) is 0 Å². The molecule has 0 unspecified atom stereocenters. The third-order valence-electron chi connectivity index (χ3n) is 4.37. The fraction of sp³-hybridized carbons (Fsp3) is 0.333. The molecule has 0 aliphatic carbocycles. The van der Waals surface area contributed by atoms with E-state index in [1.807, 2.05) is 13.8 Å². The average molecular weight is 386 g/mol. The van der Waals surface area contributed by atoms with Gasteiger partial charge in [-0.2, -0.15) is 0 Å². The van der Waals surface area contributed by atoms with Crippen LogP contribution in [-0.2, 0) is 0 Å². The van der Waals surface area contributed by atoms with E-state index in [4.69, 9.17) is 14.2 Å². The van der Waals surface area contributed by atoms with Crippen LogP contribution in [-0.4, -0.2) is 51.1 Å². The van der Waals surface area contributed by atoms with Gasteiger partial charge in [0.05, 0.1) is 21.3 Å². The second-order valence-corrected chi connectivity index (χ2v) is 5.92. The summed E-state index contributed by atoms with van der Waals surface area (Å²) >= 11 is 0. The Balaban J connectivity index is 2.20. The molecule has 2 aromatic rings. The van der Waals surface area contributed by atoms with Crippen molar-refractivity contribution in [1.82, 2.24) is 4.90 Å². The molecule has 0 atom stereocenters. The van der Waals surface area contributed by atoms with Gasteiger partial charge in [-0.3, -0.25) is 9.59 Å². The molecule has 0 bridgehead atoms. The zero-order valence-corrected chi connectivity index (χ0v) is 16.9. The van der Waals surface area contributed by atoms with E-state index in [2.05, 4.69) is 5.32 Å². The van der Waals surface area contributed by atoms with E-state index in [0.717, 1.165) is 0 Å². The van der Waals surface area contributed by atoms with E-state index < -0.39 is 0 Å². The summed E-state index contributed by atoms with van der Waals surface area (Å²) in [6, 6.07) is 9.96. The van der Waals surface area contributed by atoms with Crippen molar-refractivity contribution >= 4 is 17.5 Å². The average Bonchev–Trinajstić information content (AvgIpc) is 2.73. The van der Waals surface area contributed by atoms with Crippen LogP contribution in [0.3, 0.4) is 0 Å². The Morgan fingerprint density at radius 1 is 0.857 bits per heavy atom. The number of hydrogen-bond acceptors (Lipinski definition) is 5. The SMILES string of the molecule is CCN(CC)C(=O)c1ccc(NC(=O)c2cc(OC)c(OC)c(OC)c2)cc1. The first-order chi connectivity index (χ1) is 13.5. The smallest absolute Gasteiger partial charge is 0.255 e. The highest BCUT2D eigenvalue weighted by atomic mass is 16.5.